The number of pyridine rings is 1. The molecule has 0 saturated heterocycles. The van der Waals surface area contributed by atoms with E-state index >= 15 is 0 Å². The number of carbonyl (C=O) groups is 1. The third-order valence-electron chi connectivity index (χ3n) is 3.81. The van der Waals surface area contributed by atoms with Crippen LogP contribution in [0.2, 0.25) is 0 Å². The second-order valence-corrected chi connectivity index (χ2v) is 6.74. The fourth-order valence-corrected chi connectivity index (χ4v) is 3.30. The Morgan fingerprint density at radius 3 is 2.45 bits per heavy atom. The molecule has 3 rings (SSSR count). The van der Waals surface area contributed by atoms with E-state index in [-0.39, 0.29) is 125 Å². The summed E-state index contributed by atoms with van der Waals surface area (Å²) in [7, 11) is -3.77. The number of amides is 1. The summed E-state index contributed by atoms with van der Waals surface area (Å²) in [6, 6.07) is 9.29. The van der Waals surface area contributed by atoms with Crippen molar-refractivity contribution in [3.8, 4) is 11.5 Å². The number of rotatable bonds is 4. The molecule has 0 fully saturated rings. The Hall–Kier alpha value is -0.0973. The monoisotopic (exact) mass is 466 g/mol. The van der Waals surface area contributed by atoms with E-state index in [1.165, 1.54) is 31.5 Å². The van der Waals surface area contributed by atoms with Crippen LogP contribution < -0.4 is 118 Å². The topological polar surface area (TPSA) is 143 Å². The number of benzene rings is 2. The molecule has 0 aliphatic rings. The van der Waals surface area contributed by atoms with Gasteiger partial charge in [0.05, 0.1) is 23.2 Å². The number of ether oxygens (including phenoxy) is 1. The predicted molar refractivity (Wildman–Crippen MR) is 92.3 cm³/mol. The molecular weight excluding hydrogens is 454 g/mol. The average Bonchev–Trinajstić information content (AvgIpc) is 2.63. The minimum Gasteiger partial charge on any atom is -0.870 e. The molecule has 12 heteroatoms. The zero-order chi connectivity index (χ0) is 19.8. The van der Waals surface area contributed by atoms with Crippen LogP contribution in [0.15, 0.2) is 53.6 Å². The summed E-state index contributed by atoms with van der Waals surface area (Å²) < 4.78 is 39.2. The number of carboxylic acid groups (broad SMARTS) is 1. The van der Waals surface area contributed by atoms with E-state index in [1.54, 1.807) is 12.1 Å². The standard InChI is InChI=1S/C17H14N2O7S.2K/c1-26-13-7-5-11(9-14(13)27(23,24)25)19(17(21)22)12-6-4-10-3-2-8-18-15(10)16(12)20;;/h2-9,20H,1H3,(H,21,22)(H,23,24,25);;/q;2*+1/p-2. The molecule has 29 heavy (non-hydrogen) atoms. The molecule has 0 saturated carbocycles. The molecule has 0 atom stereocenters. The zero-order valence-electron chi connectivity index (χ0n) is 15.8. The summed E-state index contributed by atoms with van der Waals surface area (Å²) in [6.45, 7) is 0. The summed E-state index contributed by atoms with van der Waals surface area (Å²) in [5, 5.41) is 22.8. The van der Waals surface area contributed by atoms with Crippen molar-refractivity contribution in [1.82, 2.24) is 4.98 Å². The number of fused-ring (bicyclic) bond motifs is 1. The molecule has 0 radical (unpaired) electrons. The van der Waals surface area contributed by atoms with Gasteiger partial charge in [0, 0.05) is 11.9 Å². The van der Waals surface area contributed by atoms with Crippen molar-refractivity contribution in [3.63, 3.8) is 0 Å². The van der Waals surface area contributed by atoms with Gasteiger partial charge >= 0.3 is 109 Å². The summed E-state index contributed by atoms with van der Waals surface area (Å²) in [4.78, 5) is 15.6. The summed E-state index contributed by atoms with van der Waals surface area (Å²) in [5.41, 5.74) is -0.398. The van der Waals surface area contributed by atoms with Crippen molar-refractivity contribution >= 4 is 38.5 Å². The van der Waals surface area contributed by atoms with Crippen molar-refractivity contribution in [2.45, 2.75) is 4.90 Å². The molecule has 0 aliphatic carbocycles. The Bertz CT molecular complexity index is 1160. The molecule has 0 spiro atoms. The Morgan fingerprint density at radius 1 is 1.17 bits per heavy atom. The maximum Gasteiger partial charge on any atom is 1.00 e. The number of aromatic nitrogens is 1. The number of hydrogen-bond acceptors (Lipinski definition) is 7. The van der Waals surface area contributed by atoms with Crippen LogP contribution in [0, 0.1) is 0 Å². The molecular formula is C17H12K2N2O7S. The van der Waals surface area contributed by atoms with Crippen molar-refractivity contribution < 1.29 is 135 Å². The number of hydrogen-bond donors (Lipinski definition) is 1. The molecule has 1 heterocycles. The Balaban J connectivity index is 0.00000210. The molecule has 1 N–H and O–H groups in total. The molecule has 0 bridgehead atoms. The van der Waals surface area contributed by atoms with Gasteiger partial charge in [-0.05, 0) is 35.7 Å². The normalized spacial score (nSPS) is 10.6. The van der Waals surface area contributed by atoms with Crippen molar-refractivity contribution in [1.29, 1.82) is 0 Å². The Morgan fingerprint density at radius 2 is 1.86 bits per heavy atom. The van der Waals surface area contributed by atoms with Gasteiger partial charge in [0.1, 0.15) is 15.9 Å². The third-order valence-corrected chi connectivity index (χ3v) is 4.67. The fraction of sp³-hybridized carbons (Fsp3) is 0.0588. The van der Waals surface area contributed by atoms with Crippen molar-refractivity contribution in [2.24, 2.45) is 0 Å². The van der Waals surface area contributed by atoms with Gasteiger partial charge in [0.15, 0.2) is 0 Å². The summed E-state index contributed by atoms with van der Waals surface area (Å²) >= 11 is 0. The minimum atomic E-state index is -4.94. The number of methoxy groups -OCH3 is 1. The van der Waals surface area contributed by atoms with Crippen LogP contribution in [0.5, 0.6) is 11.5 Å². The first-order valence-electron chi connectivity index (χ1n) is 7.46. The molecule has 1 amide bonds. The van der Waals surface area contributed by atoms with E-state index in [0.29, 0.717) is 10.3 Å². The first-order chi connectivity index (χ1) is 12.7. The second-order valence-electron chi connectivity index (χ2n) is 5.40. The van der Waals surface area contributed by atoms with Crippen LogP contribution in [-0.4, -0.2) is 36.3 Å². The minimum absolute atomic E-state index is 0. The summed E-state index contributed by atoms with van der Waals surface area (Å²) in [6.07, 6.45) is -0.143. The van der Waals surface area contributed by atoms with E-state index in [9.17, 15) is 28.0 Å². The van der Waals surface area contributed by atoms with E-state index in [2.05, 4.69) is 4.98 Å². The largest absolute Gasteiger partial charge is 1.00 e. The van der Waals surface area contributed by atoms with Crippen LogP contribution in [0.4, 0.5) is 16.2 Å². The van der Waals surface area contributed by atoms with Crippen LogP contribution in [0.3, 0.4) is 0 Å². The van der Waals surface area contributed by atoms with Crippen LogP contribution in [0.25, 0.3) is 10.9 Å². The van der Waals surface area contributed by atoms with Crippen molar-refractivity contribution in [3.05, 3.63) is 48.7 Å². The number of nitrogens with zero attached hydrogens (tertiary/aromatic N) is 2. The Kier molecular flexibility index (Phi) is 10.2. The first kappa shape index (κ1) is 26.9. The van der Waals surface area contributed by atoms with E-state index in [1.807, 2.05) is 0 Å². The van der Waals surface area contributed by atoms with Gasteiger partial charge in [-0.1, -0.05) is 17.9 Å². The number of anilines is 2. The molecule has 1 aromatic heterocycles. The third kappa shape index (κ3) is 5.78. The maximum atomic E-state index is 12.7. The van der Waals surface area contributed by atoms with Crippen LogP contribution >= 0.6 is 0 Å². The fourth-order valence-electron chi connectivity index (χ4n) is 2.64. The average molecular weight is 467 g/mol. The van der Waals surface area contributed by atoms with E-state index in [4.69, 9.17) is 4.74 Å². The first-order valence-corrected chi connectivity index (χ1v) is 8.86. The molecule has 0 unspecified atom stereocenters. The molecule has 3 aromatic rings. The molecule has 140 valence electrons. The van der Waals surface area contributed by atoms with E-state index < -0.39 is 26.9 Å². The van der Waals surface area contributed by atoms with Crippen molar-refractivity contribution in [2.75, 3.05) is 12.0 Å². The van der Waals surface area contributed by atoms with E-state index in [0.717, 1.165) is 12.1 Å². The van der Waals surface area contributed by atoms with Gasteiger partial charge in [0.2, 0.25) is 0 Å². The van der Waals surface area contributed by atoms with Gasteiger partial charge in [-0.3, -0.25) is 4.98 Å². The predicted octanol–water partition coefficient (Wildman–Crippen LogP) is -3.95. The quantitative estimate of drug-likeness (QED) is 0.303. The van der Waals surface area contributed by atoms with Crippen LogP contribution in [0.1, 0.15) is 0 Å². The SMILES string of the molecule is COc1ccc(N(C(=O)O)c2ccc3cccnc3c2[O-])cc1S(=O)(=O)[O-].[K+].[K+]. The smallest absolute Gasteiger partial charge is 0.870 e. The Labute approximate surface area is 251 Å². The molecule has 0 aliphatic heterocycles. The van der Waals surface area contributed by atoms with Crippen LogP contribution in [-0.2, 0) is 10.1 Å². The van der Waals surface area contributed by atoms with Gasteiger partial charge in [-0.15, -0.1) is 0 Å². The summed E-state index contributed by atoms with van der Waals surface area (Å²) in [5.74, 6) is -0.889. The molecule has 9 nitrogen and oxygen atoms in total. The second kappa shape index (κ2) is 11.0. The maximum absolute atomic E-state index is 12.7. The van der Waals surface area contributed by atoms with Gasteiger partial charge in [0.25, 0.3) is 0 Å². The van der Waals surface area contributed by atoms with Gasteiger partial charge in [-0.2, -0.15) is 0 Å². The zero-order valence-corrected chi connectivity index (χ0v) is 22.9. The molecule has 2 aromatic carbocycles. The van der Waals surface area contributed by atoms with Gasteiger partial charge < -0.3 is 19.5 Å². The van der Waals surface area contributed by atoms with Gasteiger partial charge in [-0.25, -0.2) is 18.1 Å².